The van der Waals surface area contributed by atoms with Crippen LogP contribution in [0.4, 0.5) is 0 Å². The zero-order valence-corrected chi connectivity index (χ0v) is 16.7. The Kier molecular flexibility index (Phi) is 4.89. The number of rotatable bonds is 4. The molecule has 0 aromatic carbocycles. The molecule has 28 heavy (non-hydrogen) atoms. The number of imidazole rings is 1. The molecule has 1 unspecified atom stereocenters. The largest absolute Gasteiger partial charge is 0.346 e. The van der Waals surface area contributed by atoms with E-state index in [0.717, 1.165) is 43.0 Å². The lowest BCUT2D eigenvalue weighted by Gasteiger charge is -2.23. The van der Waals surface area contributed by atoms with Gasteiger partial charge in [0.25, 0.3) is 5.91 Å². The number of pyridine rings is 2. The van der Waals surface area contributed by atoms with E-state index in [1.807, 2.05) is 63.5 Å². The van der Waals surface area contributed by atoms with Gasteiger partial charge in [-0.15, -0.1) is 0 Å². The molecule has 1 fully saturated rings. The highest BCUT2D eigenvalue weighted by Crippen LogP contribution is 2.33. The number of amides is 1. The smallest absolute Gasteiger partial charge is 0.272 e. The molecule has 0 aliphatic carbocycles. The summed E-state index contributed by atoms with van der Waals surface area (Å²) in [6, 6.07) is 12.1. The Morgan fingerprint density at radius 3 is 2.79 bits per heavy atom. The van der Waals surface area contributed by atoms with Crippen molar-refractivity contribution < 1.29 is 4.79 Å². The Morgan fingerprint density at radius 2 is 2.04 bits per heavy atom. The lowest BCUT2D eigenvalue weighted by atomic mass is 10.1. The van der Waals surface area contributed by atoms with Gasteiger partial charge in [-0.25, -0.2) is 4.98 Å². The fraction of sp³-hybridized carbons (Fsp3) is 0.409. The van der Waals surface area contributed by atoms with E-state index in [2.05, 4.69) is 25.7 Å². The number of carbonyl (C=O) groups excluding carboxylic acids is 1. The van der Waals surface area contributed by atoms with Crippen molar-refractivity contribution in [1.29, 1.82) is 0 Å². The van der Waals surface area contributed by atoms with E-state index in [1.165, 1.54) is 0 Å². The van der Waals surface area contributed by atoms with Crippen LogP contribution in [0.15, 0.2) is 48.8 Å². The van der Waals surface area contributed by atoms with Crippen molar-refractivity contribution >= 4 is 11.4 Å². The van der Waals surface area contributed by atoms with Gasteiger partial charge in [0.05, 0.1) is 17.3 Å². The monoisotopic (exact) mass is 377 g/mol. The first-order chi connectivity index (χ1) is 13.4. The maximum atomic E-state index is 12.9. The molecule has 0 bridgehead atoms. The average molecular weight is 377 g/mol. The SMILES string of the molecule is CC(C)(C)NC(=O)c1nc(C2CCCN2Cc2ccccn2)n2ccccc12. The Hall–Kier alpha value is -2.73. The maximum Gasteiger partial charge on any atom is 0.272 e. The van der Waals surface area contributed by atoms with Crippen LogP contribution in [-0.4, -0.2) is 37.3 Å². The predicted molar refractivity (Wildman–Crippen MR) is 109 cm³/mol. The minimum atomic E-state index is -0.305. The second-order valence-electron chi connectivity index (χ2n) is 8.43. The van der Waals surface area contributed by atoms with E-state index in [4.69, 9.17) is 4.98 Å². The summed E-state index contributed by atoms with van der Waals surface area (Å²) >= 11 is 0. The zero-order valence-electron chi connectivity index (χ0n) is 16.7. The fourth-order valence-corrected chi connectivity index (χ4v) is 3.87. The van der Waals surface area contributed by atoms with Crippen LogP contribution < -0.4 is 5.32 Å². The molecule has 0 radical (unpaired) electrons. The summed E-state index contributed by atoms with van der Waals surface area (Å²) in [6.07, 6.45) is 5.98. The molecular formula is C22H27N5O. The molecule has 0 spiro atoms. The third-order valence-electron chi connectivity index (χ3n) is 5.03. The van der Waals surface area contributed by atoms with Gasteiger partial charge in [0, 0.05) is 24.5 Å². The molecule has 0 saturated carbocycles. The lowest BCUT2D eigenvalue weighted by Crippen LogP contribution is -2.40. The van der Waals surface area contributed by atoms with E-state index in [-0.39, 0.29) is 17.5 Å². The van der Waals surface area contributed by atoms with Gasteiger partial charge in [0.15, 0.2) is 5.69 Å². The molecule has 1 N–H and O–H groups in total. The molecule has 1 saturated heterocycles. The van der Waals surface area contributed by atoms with Gasteiger partial charge in [0.1, 0.15) is 5.82 Å². The molecule has 3 aromatic rings. The number of hydrogen-bond donors (Lipinski definition) is 1. The summed E-state index contributed by atoms with van der Waals surface area (Å²) in [5, 5.41) is 3.04. The minimum Gasteiger partial charge on any atom is -0.346 e. The van der Waals surface area contributed by atoms with Crippen LogP contribution in [0.2, 0.25) is 0 Å². The Morgan fingerprint density at radius 1 is 1.21 bits per heavy atom. The van der Waals surface area contributed by atoms with E-state index >= 15 is 0 Å². The number of aromatic nitrogens is 3. The van der Waals surface area contributed by atoms with Crippen LogP contribution >= 0.6 is 0 Å². The van der Waals surface area contributed by atoms with Gasteiger partial charge >= 0.3 is 0 Å². The number of fused-ring (bicyclic) bond motifs is 1. The second kappa shape index (κ2) is 7.36. The van der Waals surface area contributed by atoms with Crippen molar-refractivity contribution in [3.05, 3.63) is 66.0 Å². The van der Waals surface area contributed by atoms with E-state index < -0.39 is 0 Å². The molecule has 146 valence electrons. The predicted octanol–water partition coefficient (Wildman–Crippen LogP) is 3.59. The zero-order chi connectivity index (χ0) is 19.7. The molecule has 4 heterocycles. The van der Waals surface area contributed by atoms with Gasteiger partial charge < -0.3 is 9.72 Å². The standard InChI is InChI=1S/C22H27N5O/c1-22(2,3)25-21(28)19-17-10-5-7-14-27(17)20(24-19)18-11-8-13-26(18)15-16-9-4-6-12-23-16/h4-7,9-10,12,14,18H,8,11,13,15H2,1-3H3,(H,25,28). The van der Waals surface area contributed by atoms with Crippen molar-refractivity contribution in [2.45, 2.75) is 51.7 Å². The Balaban J connectivity index is 1.69. The van der Waals surface area contributed by atoms with Gasteiger partial charge in [-0.3, -0.25) is 14.7 Å². The summed E-state index contributed by atoms with van der Waals surface area (Å²) in [4.78, 5) is 24.6. The molecule has 6 nitrogen and oxygen atoms in total. The summed E-state index contributed by atoms with van der Waals surface area (Å²) in [5.74, 6) is 0.805. The number of hydrogen-bond acceptors (Lipinski definition) is 4. The third kappa shape index (κ3) is 3.78. The second-order valence-corrected chi connectivity index (χ2v) is 8.43. The number of carbonyl (C=O) groups is 1. The van der Waals surface area contributed by atoms with Crippen LogP contribution in [0.5, 0.6) is 0 Å². The van der Waals surface area contributed by atoms with Crippen LogP contribution in [0.1, 0.15) is 61.7 Å². The highest BCUT2D eigenvalue weighted by molar-refractivity contribution is 5.99. The quantitative estimate of drug-likeness (QED) is 0.755. The first-order valence-corrected chi connectivity index (χ1v) is 9.86. The van der Waals surface area contributed by atoms with Crippen molar-refractivity contribution in [3.8, 4) is 0 Å². The van der Waals surface area contributed by atoms with Crippen LogP contribution in [0, 0.1) is 0 Å². The van der Waals surface area contributed by atoms with Crippen LogP contribution in [0.3, 0.4) is 0 Å². The Bertz CT molecular complexity index is 974. The number of nitrogens with zero attached hydrogens (tertiary/aromatic N) is 4. The molecule has 1 aliphatic rings. The van der Waals surface area contributed by atoms with Crippen molar-refractivity contribution in [3.63, 3.8) is 0 Å². The molecule has 1 amide bonds. The van der Waals surface area contributed by atoms with Gasteiger partial charge in [-0.05, 0) is 64.4 Å². The minimum absolute atomic E-state index is 0.128. The van der Waals surface area contributed by atoms with E-state index in [9.17, 15) is 4.79 Å². The maximum absolute atomic E-state index is 12.9. The highest BCUT2D eigenvalue weighted by Gasteiger charge is 2.32. The average Bonchev–Trinajstić information content (AvgIpc) is 3.25. The molecular weight excluding hydrogens is 350 g/mol. The van der Waals surface area contributed by atoms with Gasteiger partial charge in [-0.1, -0.05) is 12.1 Å². The number of nitrogens with one attached hydrogen (secondary N) is 1. The molecule has 6 heteroatoms. The lowest BCUT2D eigenvalue weighted by molar-refractivity contribution is 0.0916. The van der Waals surface area contributed by atoms with Crippen LogP contribution in [0.25, 0.3) is 5.52 Å². The summed E-state index contributed by atoms with van der Waals surface area (Å²) in [5.41, 5.74) is 2.10. The van der Waals surface area contributed by atoms with Gasteiger partial charge in [-0.2, -0.15) is 0 Å². The summed E-state index contributed by atoms with van der Waals surface area (Å²) < 4.78 is 2.07. The Labute approximate surface area is 165 Å². The highest BCUT2D eigenvalue weighted by atomic mass is 16.2. The number of likely N-dealkylation sites (tertiary alicyclic amines) is 1. The summed E-state index contributed by atoms with van der Waals surface area (Å²) in [7, 11) is 0. The normalized spacial score (nSPS) is 17.9. The van der Waals surface area contributed by atoms with E-state index in [0.29, 0.717) is 5.69 Å². The summed E-state index contributed by atoms with van der Waals surface area (Å²) in [6.45, 7) is 7.74. The first-order valence-electron chi connectivity index (χ1n) is 9.86. The molecule has 3 aromatic heterocycles. The van der Waals surface area contributed by atoms with Gasteiger partial charge in [0.2, 0.25) is 0 Å². The third-order valence-corrected chi connectivity index (χ3v) is 5.03. The topological polar surface area (TPSA) is 62.5 Å². The van der Waals surface area contributed by atoms with E-state index in [1.54, 1.807) is 0 Å². The molecule has 4 rings (SSSR count). The van der Waals surface area contributed by atoms with Crippen molar-refractivity contribution in [2.24, 2.45) is 0 Å². The van der Waals surface area contributed by atoms with Crippen LogP contribution in [-0.2, 0) is 6.54 Å². The fourth-order valence-electron chi connectivity index (χ4n) is 3.87. The molecule has 1 aliphatic heterocycles. The first kappa shape index (κ1) is 18.6. The van der Waals surface area contributed by atoms with Crippen molar-refractivity contribution in [1.82, 2.24) is 24.6 Å². The van der Waals surface area contributed by atoms with Crippen molar-refractivity contribution in [2.75, 3.05) is 6.54 Å². The molecule has 1 atom stereocenters.